The minimum atomic E-state index is -0.145. The van der Waals surface area contributed by atoms with Crippen molar-refractivity contribution in [3.8, 4) is 0 Å². The molecule has 0 unspecified atom stereocenters. The highest BCUT2D eigenvalue weighted by molar-refractivity contribution is 7.07. The predicted octanol–water partition coefficient (Wildman–Crippen LogP) is 2.70. The van der Waals surface area contributed by atoms with Crippen LogP contribution in [0.1, 0.15) is 18.0 Å². The second-order valence-corrected chi connectivity index (χ2v) is 5.83. The molecule has 3 rings (SSSR count). The number of carbonyl (C=O) groups excluding carboxylic acids is 1. The smallest absolute Gasteiger partial charge is 0.307 e. The molecule has 114 valence electrons. The van der Waals surface area contributed by atoms with Crippen LogP contribution in [0.5, 0.6) is 0 Å². The largest absolute Gasteiger partial charge is 0.441 e. The third kappa shape index (κ3) is 2.94. The fraction of sp³-hybridized carbons (Fsp3) is 0.267. The number of nitrogens with zero attached hydrogens (tertiary/aromatic N) is 2. The molecule has 6 nitrogen and oxygen atoms in total. The van der Waals surface area contributed by atoms with Crippen molar-refractivity contribution in [3.05, 3.63) is 44.8 Å². The Bertz CT molecular complexity index is 891. The zero-order valence-electron chi connectivity index (χ0n) is 12.3. The van der Waals surface area contributed by atoms with Crippen molar-refractivity contribution < 1.29 is 9.21 Å². The molecule has 0 spiro atoms. The van der Waals surface area contributed by atoms with E-state index in [9.17, 15) is 9.59 Å². The average molecular weight is 317 g/mol. The fourth-order valence-corrected chi connectivity index (χ4v) is 2.99. The van der Waals surface area contributed by atoms with Crippen molar-refractivity contribution in [3.63, 3.8) is 0 Å². The molecule has 0 atom stereocenters. The van der Waals surface area contributed by atoms with Crippen LogP contribution in [0.25, 0.3) is 11.1 Å². The van der Waals surface area contributed by atoms with E-state index in [-0.39, 0.29) is 17.2 Å². The highest BCUT2D eigenvalue weighted by atomic mass is 32.1. The summed E-state index contributed by atoms with van der Waals surface area (Å²) in [5, 5.41) is 4.60. The van der Waals surface area contributed by atoms with Gasteiger partial charge in [0.1, 0.15) is 5.52 Å². The van der Waals surface area contributed by atoms with Crippen molar-refractivity contribution in [2.24, 2.45) is 0 Å². The molecule has 22 heavy (non-hydrogen) atoms. The SMILES string of the molecule is Cc1nc2ccc(NC(=O)CCn3c(C)csc3=O)cc2o1. The first-order chi connectivity index (χ1) is 10.5. The van der Waals surface area contributed by atoms with E-state index >= 15 is 0 Å². The number of hydrogen-bond acceptors (Lipinski definition) is 5. The van der Waals surface area contributed by atoms with Gasteiger partial charge in [0, 0.05) is 42.7 Å². The topological polar surface area (TPSA) is 77.1 Å². The lowest BCUT2D eigenvalue weighted by Gasteiger charge is -2.06. The Hall–Kier alpha value is -2.41. The summed E-state index contributed by atoms with van der Waals surface area (Å²) in [7, 11) is 0. The van der Waals surface area contributed by atoms with Crippen molar-refractivity contribution in [1.82, 2.24) is 9.55 Å². The molecule has 1 N–H and O–H groups in total. The molecule has 0 radical (unpaired) electrons. The Labute approximate surface area is 130 Å². The Morgan fingerprint density at radius 3 is 2.95 bits per heavy atom. The van der Waals surface area contributed by atoms with Gasteiger partial charge in [0.25, 0.3) is 0 Å². The number of fused-ring (bicyclic) bond motifs is 1. The first-order valence-electron chi connectivity index (χ1n) is 6.85. The summed E-state index contributed by atoms with van der Waals surface area (Å²) in [6.45, 7) is 4.01. The lowest BCUT2D eigenvalue weighted by atomic mass is 10.2. The standard InChI is InChI=1S/C15H15N3O3S/c1-9-8-22-15(20)18(9)6-5-14(19)17-11-3-4-12-13(7-11)21-10(2)16-12/h3-4,7-8H,5-6H2,1-2H3,(H,17,19). The highest BCUT2D eigenvalue weighted by Crippen LogP contribution is 2.19. The van der Waals surface area contributed by atoms with Crippen LogP contribution in [0.4, 0.5) is 5.69 Å². The van der Waals surface area contributed by atoms with Gasteiger partial charge in [-0.2, -0.15) is 0 Å². The zero-order chi connectivity index (χ0) is 15.7. The first-order valence-corrected chi connectivity index (χ1v) is 7.73. The molecule has 0 saturated carbocycles. The normalized spacial score (nSPS) is 11.0. The molecular weight excluding hydrogens is 302 g/mol. The number of anilines is 1. The summed E-state index contributed by atoms with van der Waals surface area (Å²) in [4.78, 5) is 27.8. The molecule has 0 bridgehead atoms. The van der Waals surface area contributed by atoms with Crippen LogP contribution in [0.2, 0.25) is 0 Å². The van der Waals surface area contributed by atoms with Crippen LogP contribution < -0.4 is 10.2 Å². The van der Waals surface area contributed by atoms with Crippen LogP contribution in [0.3, 0.4) is 0 Å². The van der Waals surface area contributed by atoms with E-state index in [4.69, 9.17) is 4.42 Å². The van der Waals surface area contributed by atoms with E-state index in [1.807, 2.05) is 6.92 Å². The third-order valence-corrected chi connectivity index (χ3v) is 4.20. The van der Waals surface area contributed by atoms with Gasteiger partial charge >= 0.3 is 4.87 Å². The zero-order valence-corrected chi connectivity index (χ0v) is 13.1. The van der Waals surface area contributed by atoms with E-state index in [0.29, 0.717) is 23.7 Å². The maximum Gasteiger partial charge on any atom is 0.307 e. The van der Waals surface area contributed by atoms with Gasteiger partial charge in [-0.05, 0) is 19.1 Å². The number of oxazole rings is 1. The van der Waals surface area contributed by atoms with Gasteiger partial charge in [-0.15, -0.1) is 0 Å². The van der Waals surface area contributed by atoms with Crippen LogP contribution in [-0.4, -0.2) is 15.5 Å². The molecule has 0 saturated heterocycles. The Morgan fingerprint density at radius 1 is 1.41 bits per heavy atom. The van der Waals surface area contributed by atoms with E-state index in [0.717, 1.165) is 22.5 Å². The second-order valence-electron chi connectivity index (χ2n) is 5.01. The molecular formula is C15H15N3O3S. The van der Waals surface area contributed by atoms with Gasteiger partial charge in [0.05, 0.1) is 0 Å². The van der Waals surface area contributed by atoms with E-state index in [1.165, 1.54) is 0 Å². The van der Waals surface area contributed by atoms with Crippen molar-refractivity contribution >= 4 is 34.0 Å². The van der Waals surface area contributed by atoms with Gasteiger partial charge in [-0.1, -0.05) is 11.3 Å². The number of aromatic nitrogens is 2. The Kier molecular flexibility index (Phi) is 3.81. The maximum atomic E-state index is 12.0. The minimum Gasteiger partial charge on any atom is -0.441 e. The molecule has 1 amide bonds. The number of hydrogen-bond donors (Lipinski definition) is 1. The Balaban J connectivity index is 1.66. The summed E-state index contributed by atoms with van der Waals surface area (Å²) in [6.07, 6.45) is 0.241. The van der Waals surface area contributed by atoms with Crippen molar-refractivity contribution in [2.75, 3.05) is 5.32 Å². The van der Waals surface area contributed by atoms with E-state index in [1.54, 1.807) is 35.1 Å². The number of aryl methyl sites for hydroxylation is 2. The molecule has 0 aliphatic heterocycles. The van der Waals surface area contributed by atoms with Gasteiger partial charge in [-0.3, -0.25) is 9.59 Å². The van der Waals surface area contributed by atoms with E-state index < -0.39 is 0 Å². The minimum absolute atomic E-state index is 0.0381. The van der Waals surface area contributed by atoms with Crippen LogP contribution in [0, 0.1) is 13.8 Å². The predicted molar refractivity (Wildman–Crippen MR) is 85.3 cm³/mol. The quantitative estimate of drug-likeness (QED) is 0.802. The Morgan fingerprint density at radius 2 is 2.23 bits per heavy atom. The van der Waals surface area contributed by atoms with Crippen LogP contribution in [0.15, 0.2) is 32.8 Å². The first kappa shape index (κ1) is 14.5. The second kappa shape index (κ2) is 5.76. The molecule has 0 aliphatic carbocycles. The molecule has 0 fully saturated rings. The molecule has 2 aromatic heterocycles. The fourth-order valence-electron chi connectivity index (χ4n) is 2.23. The van der Waals surface area contributed by atoms with Gasteiger partial charge < -0.3 is 14.3 Å². The van der Waals surface area contributed by atoms with Gasteiger partial charge in [-0.25, -0.2) is 4.98 Å². The number of benzene rings is 1. The number of nitrogens with one attached hydrogen (secondary N) is 1. The lowest BCUT2D eigenvalue weighted by molar-refractivity contribution is -0.116. The monoisotopic (exact) mass is 317 g/mol. The molecule has 7 heteroatoms. The molecule has 2 heterocycles. The van der Waals surface area contributed by atoms with Crippen LogP contribution >= 0.6 is 11.3 Å². The molecule has 3 aromatic rings. The summed E-state index contributed by atoms with van der Waals surface area (Å²) in [5.41, 5.74) is 2.93. The average Bonchev–Trinajstić information content (AvgIpc) is 2.98. The van der Waals surface area contributed by atoms with Gasteiger partial charge in [0.15, 0.2) is 11.5 Å². The molecule has 0 aliphatic rings. The maximum absolute atomic E-state index is 12.0. The third-order valence-electron chi connectivity index (χ3n) is 3.32. The van der Waals surface area contributed by atoms with E-state index in [2.05, 4.69) is 10.3 Å². The van der Waals surface area contributed by atoms with Crippen LogP contribution in [-0.2, 0) is 11.3 Å². The number of amides is 1. The number of carbonyl (C=O) groups is 1. The van der Waals surface area contributed by atoms with Crippen molar-refractivity contribution in [2.45, 2.75) is 26.8 Å². The van der Waals surface area contributed by atoms with Gasteiger partial charge in [0.2, 0.25) is 5.91 Å². The summed E-state index contributed by atoms with van der Waals surface area (Å²) < 4.78 is 7.04. The summed E-state index contributed by atoms with van der Waals surface area (Å²) in [6, 6.07) is 5.33. The lowest BCUT2D eigenvalue weighted by Crippen LogP contribution is -2.20. The van der Waals surface area contributed by atoms with Crippen molar-refractivity contribution in [1.29, 1.82) is 0 Å². The highest BCUT2D eigenvalue weighted by Gasteiger charge is 2.08. The molecule has 1 aromatic carbocycles. The summed E-state index contributed by atoms with van der Waals surface area (Å²) in [5.74, 6) is 0.443. The number of thiazole rings is 1. The summed E-state index contributed by atoms with van der Waals surface area (Å²) >= 11 is 1.15. The number of rotatable bonds is 4.